The third-order valence-corrected chi connectivity index (χ3v) is 11.5. The standard InChI is InChI=1S/C36H46N2O3/c1-5-16-36(33(39)23-41-4)17-15-32-30-20-24(2)29-21-26(37-40)11-14-28(29)34(30)31(22-35(32,36)3)25-9-12-27(13-10-25)38-18-7-6-8-19-38/h9-10,12-13,21,24,30-32,40H,6-8,11,14-15,17-20,22-23H2,1-4H3/t24?,30-,31+,32-,35-,36+/m0/s1. The van der Waals surface area contributed by atoms with Gasteiger partial charge in [-0.15, -0.1) is 5.92 Å². The quantitative estimate of drug-likeness (QED) is 0.236. The molecule has 3 fully saturated rings. The van der Waals surface area contributed by atoms with Gasteiger partial charge in [-0.1, -0.05) is 42.6 Å². The van der Waals surface area contributed by atoms with Crippen molar-refractivity contribution in [2.24, 2.45) is 33.7 Å². The van der Waals surface area contributed by atoms with E-state index in [1.54, 1.807) is 12.7 Å². The lowest BCUT2D eigenvalue weighted by Gasteiger charge is -2.55. The molecule has 41 heavy (non-hydrogen) atoms. The van der Waals surface area contributed by atoms with Crippen LogP contribution in [0.15, 0.2) is 52.2 Å². The monoisotopic (exact) mass is 554 g/mol. The molecular weight excluding hydrogens is 508 g/mol. The van der Waals surface area contributed by atoms with E-state index in [1.807, 2.05) is 6.92 Å². The molecule has 0 bridgehead atoms. The molecule has 1 unspecified atom stereocenters. The Hall–Kier alpha value is -2.84. The summed E-state index contributed by atoms with van der Waals surface area (Å²) < 4.78 is 5.44. The number of benzene rings is 1. The first-order chi connectivity index (χ1) is 19.9. The predicted octanol–water partition coefficient (Wildman–Crippen LogP) is 7.31. The molecular formula is C36H46N2O3. The third kappa shape index (κ3) is 4.49. The number of allylic oxidation sites excluding steroid dienone is 4. The fourth-order valence-electron chi connectivity index (χ4n) is 9.64. The Labute approximate surface area is 246 Å². The van der Waals surface area contributed by atoms with Crippen LogP contribution in [0, 0.1) is 40.4 Å². The van der Waals surface area contributed by atoms with Gasteiger partial charge in [-0.25, -0.2) is 0 Å². The Morgan fingerprint density at radius 3 is 2.61 bits per heavy atom. The molecule has 1 saturated heterocycles. The normalized spacial score (nSPS) is 35.7. The molecule has 0 spiro atoms. The first kappa shape index (κ1) is 28.3. The lowest BCUT2D eigenvalue weighted by Crippen LogP contribution is -2.51. The number of hydrogen-bond acceptors (Lipinski definition) is 5. The van der Waals surface area contributed by atoms with Crippen molar-refractivity contribution in [3.8, 4) is 11.8 Å². The largest absolute Gasteiger partial charge is 0.411 e. The molecule has 2 saturated carbocycles. The second-order valence-corrected chi connectivity index (χ2v) is 13.5. The molecule has 4 aliphatic carbocycles. The van der Waals surface area contributed by atoms with Gasteiger partial charge in [0, 0.05) is 31.8 Å². The number of anilines is 1. The van der Waals surface area contributed by atoms with Crippen LogP contribution in [-0.4, -0.2) is 43.5 Å². The van der Waals surface area contributed by atoms with E-state index >= 15 is 0 Å². The molecule has 6 rings (SSSR count). The number of methoxy groups -OCH3 is 1. The molecule has 1 aromatic carbocycles. The molecule has 1 aliphatic heterocycles. The molecule has 5 heteroatoms. The average Bonchev–Trinajstić information content (AvgIpc) is 3.30. The zero-order valence-electron chi connectivity index (χ0n) is 25.3. The van der Waals surface area contributed by atoms with Crippen LogP contribution in [0.2, 0.25) is 0 Å². The Morgan fingerprint density at radius 1 is 1.17 bits per heavy atom. The second-order valence-electron chi connectivity index (χ2n) is 13.5. The lowest BCUT2D eigenvalue weighted by molar-refractivity contribution is -0.136. The van der Waals surface area contributed by atoms with E-state index in [-0.39, 0.29) is 23.7 Å². The van der Waals surface area contributed by atoms with Crippen LogP contribution in [0.1, 0.15) is 90.0 Å². The van der Waals surface area contributed by atoms with Gasteiger partial charge in [0.2, 0.25) is 0 Å². The number of nitrogens with zero attached hydrogens (tertiary/aromatic N) is 2. The van der Waals surface area contributed by atoms with E-state index in [2.05, 4.69) is 66.1 Å². The van der Waals surface area contributed by atoms with Crippen LogP contribution in [0.3, 0.4) is 0 Å². The van der Waals surface area contributed by atoms with Crippen LogP contribution >= 0.6 is 0 Å². The number of rotatable bonds is 5. The van der Waals surface area contributed by atoms with Crippen molar-refractivity contribution >= 4 is 17.2 Å². The van der Waals surface area contributed by atoms with Crippen LogP contribution < -0.4 is 4.90 Å². The summed E-state index contributed by atoms with van der Waals surface area (Å²) in [6.45, 7) is 9.00. The molecule has 1 N–H and O–H groups in total. The molecule has 0 radical (unpaired) electrons. The highest BCUT2D eigenvalue weighted by Crippen LogP contribution is 2.70. The molecule has 6 atom stereocenters. The van der Waals surface area contributed by atoms with Crippen molar-refractivity contribution < 1.29 is 14.7 Å². The number of Topliss-reactive ketones (excluding diaryl/α,β-unsaturated/α-hetero) is 1. The third-order valence-electron chi connectivity index (χ3n) is 11.5. The first-order valence-corrected chi connectivity index (χ1v) is 15.8. The zero-order chi connectivity index (χ0) is 28.8. The lowest BCUT2D eigenvalue weighted by atomic mass is 9.47. The van der Waals surface area contributed by atoms with Crippen LogP contribution in [-0.2, 0) is 9.53 Å². The number of fused-ring (bicyclic) bond motifs is 4. The number of carbonyl (C=O) groups excluding carboxylic acids is 1. The molecule has 5 nitrogen and oxygen atoms in total. The van der Waals surface area contributed by atoms with Crippen molar-refractivity contribution in [2.45, 2.75) is 84.5 Å². The Kier molecular flexibility index (Phi) is 7.66. The Balaban J connectivity index is 1.49. The van der Waals surface area contributed by atoms with Gasteiger partial charge >= 0.3 is 0 Å². The van der Waals surface area contributed by atoms with Gasteiger partial charge in [-0.05, 0) is 123 Å². The van der Waals surface area contributed by atoms with Crippen LogP contribution in [0.5, 0.6) is 0 Å². The van der Waals surface area contributed by atoms with E-state index in [1.165, 1.54) is 41.7 Å². The summed E-state index contributed by atoms with van der Waals surface area (Å²) in [5.41, 5.74) is 7.02. The second kappa shape index (κ2) is 11.1. The summed E-state index contributed by atoms with van der Waals surface area (Å²) >= 11 is 0. The maximum atomic E-state index is 13.9. The van der Waals surface area contributed by atoms with Gasteiger partial charge in [-0.2, -0.15) is 0 Å². The smallest absolute Gasteiger partial charge is 0.176 e. The maximum Gasteiger partial charge on any atom is 0.176 e. The van der Waals surface area contributed by atoms with E-state index in [0.717, 1.165) is 57.3 Å². The minimum atomic E-state index is -0.673. The highest BCUT2D eigenvalue weighted by atomic mass is 16.5. The summed E-state index contributed by atoms with van der Waals surface area (Å²) in [5.74, 6) is 8.33. The minimum absolute atomic E-state index is 0.122. The summed E-state index contributed by atoms with van der Waals surface area (Å²) in [7, 11) is 1.62. The van der Waals surface area contributed by atoms with Crippen LogP contribution in [0.4, 0.5) is 5.69 Å². The maximum absolute atomic E-state index is 13.9. The number of piperidine rings is 1. The molecule has 5 aliphatic rings. The number of hydrogen-bond donors (Lipinski definition) is 1. The first-order valence-electron chi connectivity index (χ1n) is 15.8. The fourth-order valence-corrected chi connectivity index (χ4v) is 9.64. The number of ether oxygens (including phenoxy) is 1. The zero-order valence-corrected chi connectivity index (χ0v) is 25.3. The van der Waals surface area contributed by atoms with Crippen molar-refractivity contribution in [3.63, 3.8) is 0 Å². The van der Waals surface area contributed by atoms with Gasteiger partial charge in [0.05, 0.1) is 11.1 Å². The van der Waals surface area contributed by atoms with E-state index in [9.17, 15) is 10.0 Å². The molecule has 0 aromatic heterocycles. The van der Waals surface area contributed by atoms with E-state index in [0.29, 0.717) is 17.8 Å². The molecule has 0 amide bonds. The van der Waals surface area contributed by atoms with Gasteiger partial charge < -0.3 is 14.8 Å². The number of carbonyl (C=O) groups is 1. The summed E-state index contributed by atoms with van der Waals surface area (Å²) in [4.78, 5) is 16.4. The van der Waals surface area contributed by atoms with E-state index < -0.39 is 5.41 Å². The summed E-state index contributed by atoms with van der Waals surface area (Å²) in [6.07, 6.45) is 11.6. The minimum Gasteiger partial charge on any atom is -0.411 e. The van der Waals surface area contributed by atoms with Crippen molar-refractivity contribution in [2.75, 3.05) is 31.7 Å². The van der Waals surface area contributed by atoms with Crippen molar-refractivity contribution in [1.29, 1.82) is 0 Å². The van der Waals surface area contributed by atoms with Gasteiger partial charge in [-0.3, -0.25) is 4.79 Å². The fraction of sp³-hybridized carbons (Fsp3) is 0.611. The number of ketones is 1. The Bertz CT molecular complexity index is 1340. The average molecular weight is 555 g/mol. The van der Waals surface area contributed by atoms with Crippen molar-refractivity contribution in [3.05, 3.63) is 52.6 Å². The summed E-state index contributed by atoms with van der Waals surface area (Å²) in [6, 6.07) is 9.40. The van der Waals surface area contributed by atoms with Gasteiger partial charge in [0.15, 0.2) is 5.78 Å². The predicted molar refractivity (Wildman–Crippen MR) is 164 cm³/mol. The topological polar surface area (TPSA) is 62.1 Å². The molecule has 218 valence electrons. The molecule has 1 aromatic rings. The van der Waals surface area contributed by atoms with Gasteiger partial charge in [0.1, 0.15) is 6.61 Å². The number of oxime groups is 1. The highest BCUT2D eigenvalue weighted by Gasteiger charge is 2.65. The molecule has 1 heterocycles. The van der Waals surface area contributed by atoms with Gasteiger partial charge in [0.25, 0.3) is 0 Å². The highest BCUT2D eigenvalue weighted by molar-refractivity contribution is 5.97. The Morgan fingerprint density at radius 2 is 1.93 bits per heavy atom. The SMILES string of the molecule is CC#C[C@]1(C(=O)COC)CC[C@H]2[C@@H]3CC(C)C4=CC(=NO)CCC4=C3[C@@H](c3ccc(N4CCCCC4)cc3)C[C@@]21C. The summed E-state index contributed by atoms with van der Waals surface area (Å²) in [5, 5.41) is 13.2. The van der Waals surface area contributed by atoms with E-state index in [4.69, 9.17) is 4.74 Å². The van der Waals surface area contributed by atoms with Crippen LogP contribution in [0.25, 0.3) is 0 Å². The van der Waals surface area contributed by atoms with Crippen molar-refractivity contribution in [1.82, 2.24) is 0 Å².